The lowest BCUT2D eigenvalue weighted by Crippen LogP contribution is -2.12. The van der Waals surface area contributed by atoms with Crippen LogP contribution in [0.4, 0.5) is 13.2 Å². The van der Waals surface area contributed by atoms with Crippen LogP contribution < -0.4 is 5.56 Å². The van der Waals surface area contributed by atoms with E-state index in [1.807, 2.05) is 13.8 Å². The Morgan fingerprint density at radius 3 is 2.63 bits per heavy atom. The highest BCUT2D eigenvalue weighted by molar-refractivity contribution is 5.83. The Hall–Kier alpha value is -3.09. The highest BCUT2D eigenvalue weighted by atomic mass is 19.2. The summed E-state index contributed by atoms with van der Waals surface area (Å²) in [6, 6.07) is 8.46. The Morgan fingerprint density at radius 1 is 1.11 bits per heavy atom. The Morgan fingerprint density at radius 2 is 1.89 bits per heavy atom. The number of pyridine rings is 1. The summed E-state index contributed by atoms with van der Waals surface area (Å²) in [6.07, 6.45) is 0. The number of H-pyrrole nitrogens is 1. The van der Waals surface area contributed by atoms with Gasteiger partial charge in [-0.3, -0.25) is 4.79 Å². The van der Waals surface area contributed by atoms with Crippen molar-refractivity contribution in [3.63, 3.8) is 0 Å². The predicted octanol–water partition coefficient (Wildman–Crippen LogP) is 4.47. The van der Waals surface area contributed by atoms with Gasteiger partial charge in [0.1, 0.15) is 11.3 Å². The van der Waals surface area contributed by atoms with Gasteiger partial charge in [0.15, 0.2) is 17.5 Å². The first-order valence-corrected chi connectivity index (χ1v) is 8.51. The minimum absolute atomic E-state index is 0.000702. The molecule has 2 heterocycles. The summed E-state index contributed by atoms with van der Waals surface area (Å²) >= 11 is 0. The van der Waals surface area contributed by atoms with E-state index in [0.29, 0.717) is 22.3 Å². The summed E-state index contributed by atoms with van der Waals surface area (Å²) in [5.74, 6) is -1.92. The highest BCUT2D eigenvalue weighted by Gasteiger charge is 2.18. The van der Waals surface area contributed by atoms with Crippen molar-refractivity contribution in [3.8, 4) is 0 Å². The van der Waals surface area contributed by atoms with Crippen molar-refractivity contribution >= 4 is 21.9 Å². The number of nitrogens with zero attached hydrogens (tertiary/aromatic N) is 2. The van der Waals surface area contributed by atoms with E-state index < -0.39 is 23.0 Å². The third-order valence-electron chi connectivity index (χ3n) is 4.60. The lowest BCUT2D eigenvalue weighted by atomic mass is 10.1. The lowest BCUT2D eigenvalue weighted by Gasteiger charge is -2.13. The zero-order chi connectivity index (χ0) is 19.3. The Bertz CT molecular complexity index is 1240. The molecule has 0 bridgehead atoms. The van der Waals surface area contributed by atoms with Crippen molar-refractivity contribution in [3.05, 3.63) is 75.6 Å². The Balaban J connectivity index is 1.98. The Kier molecular flexibility index (Phi) is 4.02. The fourth-order valence-corrected chi connectivity index (χ4v) is 3.37. The van der Waals surface area contributed by atoms with E-state index in [1.54, 1.807) is 16.7 Å². The van der Waals surface area contributed by atoms with Crippen LogP contribution in [-0.4, -0.2) is 14.5 Å². The molecular formula is C20H16F3N3O. The minimum atomic E-state index is -1.10. The molecule has 4 nitrogen and oxygen atoms in total. The van der Waals surface area contributed by atoms with Crippen molar-refractivity contribution in [1.29, 1.82) is 0 Å². The zero-order valence-electron chi connectivity index (χ0n) is 14.7. The number of hydrogen-bond acceptors (Lipinski definition) is 2. The summed E-state index contributed by atoms with van der Waals surface area (Å²) in [4.78, 5) is 18.8. The number of hydrogen-bond donors (Lipinski definition) is 1. The maximum atomic E-state index is 14.2. The topological polar surface area (TPSA) is 50.7 Å². The van der Waals surface area contributed by atoms with E-state index in [2.05, 4.69) is 9.97 Å². The summed E-state index contributed by atoms with van der Waals surface area (Å²) in [5, 5.41) is 0.390. The second-order valence-electron chi connectivity index (χ2n) is 6.76. The molecule has 2 aromatic carbocycles. The van der Waals surface area contributed by atoms with Gasteiger partial charge in [0.05, 0.1) is 17.6 Å². The Labute approximate surface area is 152 Å². The van der Waals surface area contributed by atoms with Gasteiger partial charge in [-0.1, -0.05) is 19.9 Å². The van der Waals surface area contributed by atoms with Crippen LogP contribution >= 0.6 is 0 Å². The fraction of sp³-hybridized carbons (Fsp3) is 0.200. The minimum Gasteiger partial charge on any atom is -0.323 e. The van der Waals surface area contributed by atoms with Gasteiger partial charge in [0.2, 0.25) is 5.56 Å². The number of rotatable bonds is 3. The van der Waals surface area contributed by atoms with Gasteiger partial charge in [-0.2, -0.15) is 0 Å². The smallest absolute Gasteiger partial charge is 0.248 e. The molecule has 27 heavy (non-hydrogen) atoms. The second kappa shape index (κ2) is 6.26. The number of para-hydroxylation sites is 1. The first-order valence-electron chi connectivity index (χ1n) is 8.51. The molecule has 4 aromatic rings. The largest absolute Gasteiger partial charge is 0.323 e. The summed E-state index contributed by atoms with van der Waals surface area (Å²) in [5.41, 5.74) is 0.600. The molecule has 0 unspecified atom stereocenters. The molecule has 0 aliphatic heterocycles. The van der Waals surface area contributed by atoms with Crippen LogP contribution in [0, 0.1) is 17.5 Å². The van der Waals surface area contributed by atoms with Gasteiger partial charge in [-0.05, 0) is 29.8 Å². The maximum Gasteiger partial charge on any atom is 0.248 e. The SMILES string of the molecule is CC(C)c1nc2c(F)cccc2n1Cc1cc(=O)[nH]c2c(F)c(F)ccc12. The molecule has 2 aromatic heterocycles. The molecule has 0 aliphatic carbocycles. The zero-order valence-corrected chi connectivity index (χ0v) is 14.7. The van der Waals surface area contributed by atoms with Crippen LogP contribution in [0.3, 0.4) is 0 Å². The average Bonchev–Trinajstić information content (AvgIpc) is 2.99. The molecule has 0 aliphatic rings. The van der Waals surface area contributed by atoms with Crippen molar-refractivity contribution < 1.29 is 13.2 Å². The number of nitrogens with one attached hydrogen (secondary N) is 1. The third-order valence-corrected chi connectivity index (χ3v) is 4.60. The molecule has 138 valence electrons. The van der Waals surface area contributed by atoms with Gasteiger partial charge >= 0.3 is 0 Å². The summed E-state index contributed by atoms with van der Waals surface area (Å²) in [7, 11) is 0. The number of halogens is 3. The molecule has 0 spiro atoms. The molecule has 0 fully saturated rings. The number of aromatic nitrogens is 3. The van der Waals surface area contributed by atoms with Gasteiger partial charge < -0.3 is 9.55 Å². The molecule has 4 rings (SSSR count). The van der Waals surface area contributed by atoms with E-state index in [-0.39, 0.29) is 23.5 Å². The molecule has 0 atom stereocenters. The van der Waals surface area contributed by atoms with Crippen LogP contribution in [0.1, 0.15) is 31.2 Å². The lowest BCUT2D eigenvalue weighted by molar-refractivity contribution is 0.515. The first kappa shape index (κ1) is 17.3. The summed E-state index contributed by atoms with van der Waals surface area (Å²) < 4.78 is 43.7. The first-order chi connectivity index (χ1) is 12.9. The molecule has 7 heteroatoms. The average molecular weight is 371 g/mol. The van der Waals surface area contributed by atoms with E-state index in [1.165, 1.54) is 18.2 Å². The maximum absolute atomic E-state index is 14.2. The number of benzene rings is 2. The second-order valence-corrected chi connectivity index (χ2v) is 6.76. The van der Waals surface area contributed by atoms with Crippen LogP contribution in [0.2, 0.25) is 0 Å². The van der Waals surface area contributed by atoms with Gasteiger partial charge in [0, 0.05) is 17.4 Å². The predicted molar refractivity (Wildman–Crippen MR) is 97.4 cm³/mol. The normalized spacial score (nSPS) is 11.8. The van der Waals surface area contributed by atoms with Crippen molar-refractivity contribution in [1.82, 2.24) is 14.5 Å². The number of imidazole rings is 1. The van der Waals surface area contributed by atoms with Gasteiger partial charge in [-0.25, -0.2) is 18.2 Å². The number of fused-ring (bicyclic) bond motifs is 2. The van der Waals surface area contributed by atoms with E-state index >= 15 is 0 Å². The molecule has 1 N–H and O–H groups in total. The molecule has 0 amide bonds. The molecule has 0 radical (unpaired) electrons. The van der Waals surface area contributed by atoms with Crippen molar-refractivity contribution in [2.45, 2.75) is 26.3 Å². The monoisotopic (exact) mass is 371 g/mol. The quantitative estimate of drug-likeness (QED) is 0.578. The summed E-state index contributed by atoms with van der Waals surface area (Å²) in [6.45, 7) is 4.04. The third kappa shape index (κ3) is 2.79. The highest BCUT2D eigenvalue weighted by Crippen LogP contribution is 2.27. The van der Waals surface area contributed by atoms with Crippen LogP contribution in [0.5, 0.6) is 0 Å². The standard InChI is InChI=1S/C20H16F3N3O/c1-10(2)20-25-19-14(22)4-3-5-15(19)26(20)9-11-8-16(27)24-18-12(11)6-7-13(21)17(18)23/h3-8,10H,9H2,1-2H3,(H,24,27). The molecule has 0 saturated carbocycles. The molecule has 0 saturated heterocycles. The van der Waals surface area contributed by atoms with Gasteiger partial charge in [-0.15, -0.1) is 0 Å². The fourth-order valence-electron chi connectivity index (χ4n) is 3.37. The van der Waals surface area contributed by atoms with E-state index in [9.17, 15) is 18.0 Å². The number of aromatic amines is 1. The van der Waals surface area contributed by atoms with E-state index in [4.69, 9.17) is 0 Å². The van der Waals surface area contributed by atoms with Crippen LogP contribution in [0.15, 0.2) is 41.2 Å². The van der Waals surface area contributed by atoms with Crippen molar-refractivity contribution in [2.75, 3.05) is 0 Å². The van der Waals surface area contributed by atoms with Crippen LogP contribution in [-0.2, 0) is 6.54 Å². The van der Waals surface area contributed by atoms with E-state index in [0.717, 1.165) is 6.07 Å². The molecular weight excluding hydrogens is 355 g/mol. The van der Waals surface area contributed by atoms with Crippen molar-refractivity contribution in [2.24, 2.45) is 0 Å². The van der Waals surface area contributed by atoms with Gasteiger partial charge in [0.25, 0.3) is 0 Å². The van der Waals surface area contributed by atoms with Crippen LogP contribution in [0.25, 0.3) is 21.9 Å².